The minimum absolute atomic E-state index is 0.162. The molecule has 0 aliphatic carbocycles. The first kappa shape index (κ1) is 18.7. The number of alkyl halides is 3. The molecule has 5 nitrogen and oxygen atoms in total. The van der Waals surface area contributed by atoms with Gasteiger partial charge in [-0.3, -0.25) is 9.59 Å². The third kappa shape index (κ3) is 8.73. The minimum atomic E-state index is -4.51. The first-order valence-corrected chi connectivity index (χ1v) is 6.36. The highest BCUT2D eigenvalue weighted by atomic mass is 19.4. The van der Waals surface area contributed by atoms with E-state index in [2.05, 4.69) is 4.74 Å². The van der Waals surface area contributed by atoms with Crippen molar-refractivity contribution in [2.75, 3.05) is 20.2 Å². The summed E-state index contributed by atoms with van der Waals surface area (Å²) in [6.07, 6.45) is -3.65. The van der Waals surface area contributed by atoms with Crippen LogP contribution in [0.3, 0.4) is 0 Å². The molecule has 0 aromatic heterocycles. The largest absolute Gasteiger partial charge is 0.469 e. The topological polar surface area (TPSA) is 72.6 Å². The predicted molar refractivity (Wildman–Crippen MR) is 66.8 cm³/mol. The van der Waals surface area contributed by atoms with Gasteiger partial charge in [-0.25, -0.2) is 0 Å². The molecule has 20 heavy (non-hydrogen) atoms. The van der Waals surface area contributed by atoms with Crippen LogP contribution in [-0.4, -0.2) is 49.2 Å². The average Bonchev–Trinajstić information content (AvgIpc) is 2.32. The van der Waals surface area contributed by atoms with E-state index in [1.165, 1.54) is 0 Å². The lowest BCUT2D eigenvalue weighted by Crippen LogP contribution is -2.42. The van der Waals surface area contributed by atoms with Crippen LogP contribution in [0.4, 0.5) is 13.2 Å². The lowest BCUT2D eigenvalue weighted by atomic mass is 10.1. The van der Waals surface area contributed by atoms with Crippen molar-refractivity contribution < 1.29 is 27.5 Å². The highest BCUT2D eigenvalue weighted by molar-refractivity contribution is 5.77. The van der Waals surface area contributed by atoms with Crippen molar-refractivity contribution >= 4 is 11.9 Å². The van der Waals surface area contributed by atoms with Crippen LogP contribution in [0.5, 0.6) is 0 Å². The Morgan fingerprint density at radius 1 is 1.35 bits per heavy atom. The average molecular weight is 298 g/mol. The van der Waals surface area contributed by atoms with Gasteiger partial charge in [0.25, 0.3) is 0 Å². The van der Waals surface area contributed by atoms with Crippen molar-refractivity contribution in [3.05, 3.63) is 0 Å². The monoisotopic (exact) mass is 298 g/mol. The molecule has 1 unspecified atom stereocenters. The lowest BCUT2D eigenvalue weighted by molar-refractivity contribution is -0.163. The fourth-order valence-corrected chi connectivity index (χ4v) is 1.66. The van der Waals surface area contributed by atoms with E-state index in [-0.39, 0.29) is 19.4 Å². The van der Waals surface area contributed by atoms with Crippen molar-refractivity contribution in [3.8, 4) is 0 Å². The molecule has 0 aliphatic rings. The van der Waals surface area contributed by atoms with Gasteiger partial charge < -0.3 is 15.4 Å². The van der Waals surface area contributed by atoms with Gasteiger partial charge >= 0.3 is 12.1 Å². The Morgan fingerprint density at radius 3 is 2.40 bits per heavy atom. The molecule has 0 rings (SSSR count). The lowest BCUT2D eigenvalue weighted by Gasteiger charge is -2.25. The zero-order valence-electron chi connectivity index (χ0n) is 11.7. The molecule has 118 valence electrons. The third-order valence-electron chi connectivity index (χ3n) is 2.63. The second-order valence-electron chi connectivity index (χ2n) is 4.51. The summed E-state index contributed by atoms with van der Waals surface area (Å²) in [6, 6.07) is -0.471. The van der Waals surface area contributed by atoms with Crippen LogP contribution in [0.15, 0.2) is 0 Å². The Labute approximate surface area is 116 Å². The summed E-state index contributed by atoms with van der Waals surface area (Å²) in [5.74, 6) is -1.37. The molecular weight excluding hydrogens is 277 g/mol. The number of hydrogen-bond donors (Lipinski definition) is 1. The number of methoxy groups -OCH3 is 1. The molecule has 0 aliphatic heterocycles. The van der Waals surface area contributed by atoms with E-state index in [9.17, 15) is 22.8 Å². The van der Waals surface area contributed by atoms with E-state index < -0.39 is 30.6 Å². The maximum Gasteiger partial charge on any atom is 0.406 e. The number of esters is 1. The molecule has 8 heteroatoms. The quantitative estimate of drug-likeness (QED) is 0.689. The number of carbonyl (C=O) groups is 2. The van der Waals surface area contributed by atoms with Crippen LogP contribution in [0.25, 0.3) is 0 Å². The number of ether oxygens (including phenoxy) is 1. The zero-order chi connectivity index (χ0) is 15.8. The van der Waals surface area contributed by atoms with Crippen LogP contribution in [0.2, 0.25) is 0 Å². The molecular formula is C12H21F3N2O3. The van der Waals surface area contributed by atoms with E-state index in [1.54, 1.807) is 0 Å². The SMILES string of the molecule is CCCC(N)CC(=O)N(CCC(=O)OC)CC(F)(F)F. The first-order chi connectivity index (χ1) is 9.19. The molecule has 0 spiro atoms. The Morgan fingerprint density at radius 2 is 1.95 bits per heavy atom. The smallest absolute Gasteiger partial charge is 0.406 e. The molecule has 1 amide bonds. The number of rotatable bonds is 8. The van der Waals surface area contributed by atoms with Crippen molar-refractivity contribution in [1.29, 1.82) is 0 Å². The van der Waals surface area contributed by atoms with E-state index >= 15 is 0 Å². The van der Waals surface area contributed by atoms with Crippen LogP contribution >= 0.6 is 0 Å². The molecule has 0 aromatic carbocycles. The molecule has 0 radical (unpaired) electrons. The molecule has 2 N–H and O–H groups in total. The molecule has 0 fully saturated rings. The second-order valence-corrected chi connectivity index (χ2v) is 4.51. The Hall–Kier alpha value is -1.31. The molecule has 0 bridgehead atoms. The van der Waals surface area contributed by atoms with Crippen molar-refractivity contribution in [1.82, 2.24) is 4.90 Å². The highest BCUT2D eigenvalue weighted by Gasteiger charge is 2.33. The molecule has 0 heterocycles. The summed E-state index contributed by atoms with van der Waals surface area (Å²) < 4.78 is 41.6. The zero-order valence-corrected chi connectivity index (χ0v) is 11.7. The second kappa shape index (κ2) is 8.78. The number of halogens is 3. The summed E-state index contributed by atoms with van der Waals surface area (Å²) in [6.45, 7) is 0.153. The van der Waals surface area contributed by atoms with E-state index in [0.717, 1.165) is 13.5 Å². The van der Waals surface area contributed by atoms with E-state index in [1.807, 2.05) is 6.92 Å². The van der Waals surface area contributed by atoms with Crippen LogP contribution in [0, 0.1) is 0 Å². The third-order valence-corrected chi connectivity index (χ3v) is 2.63. The maximum atomic E-state index is 12.4. The molecule has 0 saturated heterocycles. The predicted octanol–water partition coefficient (Wildman–Crippen LogP) is 1.46. The van der Waals surface area contributed by atoms with Gasteiger partial charge in [0.1, 0.15) is 6.54 Å². The van der Waals surface area contributed by atoms with Gasteiger partial charge in [0, 0.05) is 19.0 Å². The summed E-state index contributed by atoms with van der Waals surface area (Å²) in [4.78, 5) is 23.4. The van der Waals surface area contributed by atoms with Gasteiger partial charge in [0.05, 0.1) is 13.5 Å². The summed E-state index contributed by atoms with van der Waals surface area (Å²) in [7, 11) is 1.13. The van der Waals surface area contributed by atoms with E-state index in [0.29, 0.717) is 11.3 Å². The summed E-state index contributed by atoms with van der Waals surface area (Å²) >= 11 is 0. The Bertz CT molecular complexity index is 322. The number of amides is 1. The van der Waals surface area contributed by atoms with E-state index in [4.69, 9.17) is 5.73 Å². The van der Waals surface area contributed by atoms with Crippen molar-refractivity contribution in [2.45, 2.75) is 44.8 Å². The Kier molecular flexibility index (Phi) is 8.21. The maximum absolute atomic E-state index is 12.4. The fraction of sp³-hybridized carbons (Fsp3) is 0.833. The normalized spacial score (nSPS) is 12.9. The van der Waals surface area contributed by atoms with Gasteiger partial charge in [0.2, 0.25) is 5.91 Å². The Balaban J connectivity index is 4.57. The number of hydrogen-bond acceptors (Lipinski definition) is 4. The molecule has 1 atom stereocenters. The minimum Gasteiger partial charge on any atom is -0.469 e. The number of carbonyl (C=O) groups excluding carboxylic acids is 2. The van der Waals surface area contributed by atoms with Crippen LogP contribution in [-0.2, 0) is 14.3 Å². The number of nitrogens with zero attached hydrogens (tertiary/aromatic N) is 1. The van der Waals surface area contributed by atoms with Crippen molar-refractivity contribution in [3.63, 3.8) is 0 Å². The van der Waals surface area contributed by atoms with Crippen LogP contribution < -0.4 is 5.73 Å². The van der Waals surface area contributed by atoms with Gasteiger partial charge in [0.15, 0.2) is 0 Å². The highest BCUT2D eigenvalue weighted by Crippen LogP contribution is 2.18. The molecule has 0 saturated carbocycles. The molecule has 0 aromatic rings. The fourth-order valence-electron chi connectivity index (χ4n) is 1.66. The van der Waals surface area contributed by atoms with Crippen molar-refractivity contribution in [2.24, 2.45) is 5.73 Å². The number of nitrogens with two attached hydrogens (primary N) is 1. The first-order valence-electron chi connectivity index (χ1n) is 6.36. The van der Waals surface area contributed by atoms with Gasteiger partial charge in [-0.1, -0.05) is 13.3 Å². The van der Waals surface area contributed by atoms with Gasteiger partial charge in [-0.05, 0) is 6.42 Å². The van der Waals surface area contributed by atoms with Gasteiger partial charge in [-0.2, -0.15) is 13.2 Å². The summed E-state index contributed by atoms with van der Waals surface area (Å²) in [5.41, 5.74) is 5.65. The summed E-state index contributed by atoms with van der Waals surface area (Å²) in [5, 5.41) is 0. The van der Waals surface area contributed by atoms with Gasteiger partial charge in [-0.15, -0.1) is 0 Å². The standard InChI is InChI=1S/C12H21F3N2O3/c1-3-4-9(16)7-10(18)17(8-12(13,14)15)6-5-11(19)20-2/h9H,3-8,16H2,1-2H3. The van der Waals surface area contributed by atoms with Crippen LogP contribution in [0.1, 0.15) is 32.6 Å².